The summed E-state index contributed by atoms with van der Waals surface area (Å²) in [6, 6.07) is 23.9. The van der Waals surface area contributed by atoms with Gasteiger partial charge in [0.1, 0.15) is 18.2 Å². The van der Waals surface area contributed by atoms with Gasteiger partial charge in [-0.1, -0.05) is 42.5 Å². The van der Waals surface area contributed by atoms with E-state index < -0.39 is 0 Å². The molecule has 5 heteroatoms. The van der Waals surface area contributed by atoms with Crippen molar-refractivity contribution < 1.29 is 9.53 Å². The Balaban J connectivity index is 1.37. The Bertz CT molecular complexity index is 1210. The third kappa shape index (κ3) is 5.17. The standard InChI is InChI=1S/C27H29N3O2/c1-20-9-7-11-22(19-20)32-18-17-30-25-14-6-5-13-24(25)29-26(30)15-8-16-28-27(31)23-12-4-3-10-21(23)2/h3-7,9-14,19H,8,15-18H2,1-2H3,(H,28,31). The topological polar surface area (TPSA) is 56.1 Å². The minimum Gasteiger partial charge on any atom is -0.492 e. The van der Waals surface area contributed by atoms with Gasteiger partial charge in [0, 0.05) is 18.5 Å². The molecule has 1 N–H and O–H groups in total. The molecule has 0 aliphatic heterocycles. The van der Waals surface area contributed by atoms with E-state index in [4.69, 9.17) is 9.72 Å². The van der Waals surface area contributed by atoms with Crippen LogP contribution in [0.15, 0.2) is 72.8 Å². The highest BCUT2D eigenvalue weighted by molar-refractivity contribution is 5.95. The average Bonchev–Trinajstić information content (AvgIpc) is 3.14. The van der Waals surface area contributed by atoms with Gasteiger partial charge >= 0.3 is 0 Å². The van der Waals surface area contributed by atoms with Crippen LogP contribution in [0, 0.1) is 13.8 Å². The molecule has 1 aromatic heterocycles. The second-order valence-corrected chi connectivity index (χ2v) is 8.01. The number of fused-ring (bicyclic) bond motifs is 1. The number of carbonyl (C=O) groups excluding carboxylic acids is 1. The predicted molar refractivity (Wildman–Crippen MR) is 128 cm³/mol. The lowest BCUT2D eigenvalue weighted by Gasteiger charge is -2.12. The van der Waals surface area contributed by atoms with Crippen molar-refractivity contribution in [2.24, 2.45) is 0 Å². The first-order valence-electron chi connectivity index (χ1n) is 11.1. The number of amides is 1. The molecule has 0 saturated carbocycles. The first-order valence-corrected chi connectivity index (χ1v) is 11.1. The van der Waals surface area contributed by atoms with Crippen LogP contribution in [0.25, 0.3) is 11.0 Å². The van der Waals surface area contributed by atoms with Gasteiger partial charge in [-0.15, -0.1) is 0 Å². The Morgan fingerprint density at radius 3 is 2.66 bits per heavy atom. The maximum Gasteiger partial charge on any atom is 0.251 e. The van der Waals surface area contributed by atoms with Gasteiger partial charge in [0.05, 0.1) is 17.6 Å². The number of hydrogen-bond acceptors (Lipinski definition) is 3. The number of benzene rings is 3. The van der Waals surface area contributed by atoms with Crippen molar-refractivity contribution in [1.29, 1.82) is 0 Å². The van der Waals surface area contributed by atoms with Crippen molar-refractivity contribution in [3.8, 4) is 5.75 Å². The largest absolute Gasteiger partial charge is 0.492 e. The van der Waals surface area contributed by atoms with Crippen LogP contribution in [0.3, 0.4) is 0 Å². The monoisotopic (exact) mass is 427 g/mol. The molecular weight excluding hydrogens is 398 g/mol. The second kappa shape index (κ2) is 10.1. The highest BCUT2D eigenvalue weighted by atomic mass is 16.5. The van der Waals surface area contributed by atoms with Crippen LogP contribution >= 0.6 is 0 Å². The van der Waals surface area contributed by atoms with Crippen molar-refractivity contribution in [2.75, 3.05) is 13.2 Å². The van der Waals surface area contributed by atoms with Crippen molar-refractivity contribution in [3.05, 3.63) is 95.3 Å². The zero-order valence-electron chi connectivity index (χ0n) is 18.7. The summed E-state index contributed by atoms with van der Waals surface area (Å²) in [6.45, 7) is 5.92. The molecular formula is C27H29N3O2. The summed E-state index contributed by atoms with van der Waals surface area (Å²) < 4.78 is 8.21. The van der Waals surface area contributed by atoms with Gasteiger partial charge in [-0.3, -0.25) is 4.79 Å². The molecule has 3 aromatic carbocycles. The number of rotatable bonds is 9. The van der Waals surface area contributed by atoms with Crippen molar-refractivity contribution >= 4 is 16.9 Å². The van der Waals surface area contributed by atoms with E-state index >= 15 is 0 Å². The summed E-state index contributed by atoms with van der Waals surface area (Å²) in [5.74, 6) is 1.88. The van der Waals surface area contributed by atoms with Gasteiger partial charge in [-0.2, -0.15) is 0 Å². The Labute approximate surface area is 189 Å². The summed E-state index contributed by atoms with van der Waals surface area (Å²) in [5, 5.41) is 3.03. The molecule has 4 rings (SSSR count). The van der Waals surface area contributed by atoms with Crippen LogP contribution in [-0.2, 0) is 13.0 Å². The van der Waals surface area contributed by atoms with Gasteiger partial charge in [-0.25, -0.2) is 4.98 Å². The molecule has 0 atom stereocenters. The van der Waals surface area contributed by atoms with Gasteiger partial charge < -0.3 is 14.6 Å². The van der Waals surface area contributed by atoms with Gasteiger partial charge in [0.2, 0.25) is 0 Å². The van der Waals surface area contributed by atoms with Crippen molar-refractivity contribution in [3.63, 3.8) is 0 Å². The van der Waals surface area contributed by atoms with E-state index in [0.29, 0.717) is 13.2 Å². The van der Waals surface area contributed by atoms with Gasteiger partial charge in [0.15, 0.2) is 0 Å². The Morgan fingerprint density at radius 1 is 1.00 bits per heavy atom. The Morgan fingerprint density at radius 2 is 1.81 bits per heavy atom. The number of hydrogen-bond donors (Lipinski definition) is 1. The Hall–Kier alpha value is -3.60. The molecule has 0 fully saturated rings. The molecule has 32 heavy (non-hydrogen) atoms. The fourth-order valence-corrected chi connectivity index (χ4v) is 3.90. The van der Waals surface area contributed by atoms with Crippen molar-refractivity contribution in [1.82, 2.24) is 14.9 Å². The van der Waals surface area contributed by atoms with E-state index in [1.165, 1.54) is 5.56 Å². The molecule has 0 aliphatic rings. The number of carbonyl (C=O) groups is 1. The van der Waals surface area contributed by atoms with E-state index in [-0.39, 0.29) is 5.91 Å². The summed E-state index contributed by atoms with van der Waals surface area (Å²) in [7, 11) is 0. The third-order valence-corrected chi connectivity index (χ3v) is 5.56. The summed E-state index contributed by atoms with van der Waals surface area (Å²) in [5.41, 5.74) is 5.00. The first kappa shape index (κ1) is 21.6. The van der Waals surface area contributed by atoms with Crippen LogP contribution in [-0.4, -0.2) is 28.6 Å². The van der Waals surface area contributed by atoms with Crippen LogP contribution < -0.4 is 10.1 Å². The average molecular weight is 428 g/mol. The smallest absolute Gasteiger partial charge is 0.251 e. The quantitative estimate of drug-likeness (QED) is 0.378. The van der Waals surface area contributed by atoms with Crippen LogP contribution in [0.4, 0.5) is 0 Å². The number of ether oxygens (including phenoxy) is 1. The first-order chi connectivity index (χ1) is 15.6. The van der Waals surface area contributed by atoms with Crippen LogP contribution in [0.1, 0.15) is 33.7 Å². The molecule has 0 spiro atoms. The second-order valence-electron chi connectivity index (χ2n) is 8.01. The minimum absolute atomic E-state index is 0.0249. The molecule has 164 valence electrons. The summed E-state index contributed by atoms with van der Waals surface area (Å²) in [6.07, 6.45) is 1.60. The van der Waals surface area contributed by atoms with E-state index in [1.54, 1.807) is 0 Å². The molecule has 4 aromatic rings. The summed E-state index contributed by atoms with van der Waals surface area (Å²) in [4.78, 5) is 17.3. The molecule has 5 nitrogen and oxygen atoms in total. The zero-order valence-corrected chi connectivity index (χ0v) is 18.7. The fourth-order valence-electron chi connectivity index (χ4n) is 3.90. The molecule has 0 saturated heterocycles. The SMILES string of the molecule is Cc1cccc(OCCn2c(CCCNC(=O)c3ccccc3C)nc3ccccc32)c1. The van der Waals surface area contributed by atoms with Crippen LogP contribution in [0.2, 0.25) is 0 Å². The predicted octanol–water partition coefficient (Wildman–Crippen LogP) is 5.09. The van der Waals surface area contributed by atoms with E-state index in [9.17, 15) is 4.79 Å². The van der Waals surface area contributed by atoms with E-state index in [1.807, 2.05) is 67.6 Å². The molecule has 0 aliphatic carbocycles. The third-order valence-electron chi connectivity index (χ3n) is 5.56. The number of nitrogens with one attached hydrogen (secondary N) is 1. The highest BCUT2D eigenvalue weighted by Gasteiger charge is 2.12. The number of aryl methyl sites for hydroxylation is 3. The fraction of sp³-hybridized carbons (Fsp3) is 0.259. The normalized spacial score (nSPS) is 10.9. The van der Waals surface area contributed by atoms with E-state index in [2.05, 4.69) is 28.9 Å². The minimum atomic E-state index is -0.0249. The maximum absolute atomic E-state index is 12.4. The lowest BCUT2D eigenvalue weighted by Crippen LogP contribution is -2.25. The maximum atomic E-state index is 12.4. The molecule has 0 radical (unpaired) electrons. The van der Waals surface area contributed by atoms with Crippen molar-refractivity contribution in [2.45, 2.75) is 33.2 Å². The Kier molecular flexibility index (Phi) is 6.85. The van der Waals surface area contributed by atoms with Crippen LogP contribution in [0.5, 0.6) is 5.75 Å². The number of nitrogens with zero attached hydrogens (tertiary/aromatic N) is 2. The lowest BCUT2D eigenvalue weighted by molar-refractivity contribution is 0.0952. The molecule has 0 bridgehead atoms. The molecule has 1 amide bonds. The molecule has 1 heterocycles. The molecule has 0 unspecified atom stereocenters. The van der Waals surface area contributed by atoms with Gasteiger partial charge in [-0.05, 0) is 61.7 Å². The number of imidazole rings is 1. The summed E-state index contributed by atoms with van der Waals surface area (Å²) >= 11 is 0. The zero-order chi connectivity index (χ0) is 22.3. The highest BCUT2D eigenvalue weighted by Crippen LogP contribution is 2.18. The number of aromatic nitrogens is 2. The van der Waals surface area contributed by atoms with E-state index in [0.717, 1.165) is 53.1 Å². The lowest BCUT2D eigenvalue weighted by atomic mass is 10.1. The van der Waals surface area contributed by atoms with Gasteiger partial charge in [0.25, 0.3) is 5.91 Å². The number of para-hydroxylation sites is 2.